The van der Waals surface area contributed by atoms with Crippen LogP contribution in [0.1, 0.15) is 47.1 Å². The molecule has 0 aromatic carbocycles. The summed E-state index contributed by atoms with van der Waals surface area (Å²) in [5.74, 6) is 0.550. The first-order valence-corrected chi connectivity index (χ1v) is 7.45. The summed E-state index contributed by atoms with van der Waals surface area (Å²) in [6.45, 7) is 6.09. The van der Waals surface area contributed by atoms with Crippen LogP contribution in [0.5, 0.6) is 0 Å². The first kappa shape index (κ1) is 15.9. The molecule has 0 saturated carbocycles. The number of anilines is 1. The Balaban J connectivity index is 2.12. The van der Waals surface area contributed by atoms with Gasteiger partial charge in [-0.2, -0.15) is 0 Å². The Morgan fingerprint density at radius 2 is 2.09 bits per heavy atom. The van der Waals surface area contributed by atoms with Crippen LogP contribution >= 0.6 is 0 Å². The molecule has 2 heterocycles. The third kappa shape index (κ3) is 3.61. The van der Waals surface area contributed by atoms with Crippen LogP contribution in [0.3, 0.4) is 0 Å². The lowest BCUT2D eigenvalue weighted by Gasteiger charge is -2.16. The van der Waals surface area contributed by atoms with Crippen LogP contribution in [0, 0.1) is 6.92 Å². The lowest BCUT2D eigenvalue weighted by atomic mass is 10.1. The second-order valence-electron chi connectivity index (χ2n) is 5.26. The fourth-order valence-electron chi connectivity index (χ4n) is 2.30. The normalized spacial score (nSPS) is 11.8. The van der Waals surface area contributed by atoms with Crippen molar-refractivity contribution in [1.29, 1.82) is 0 Å². The molecule has 5 nitrogen and oxygen atoms in total. The Kier molecular flexibility index (Phi) is 5.09. The number of aryl methyl sites for hydroxylation is 2. The smallest absolute Gasteiger partial charge is 0.251 e. The predicted octanol–water partition coefficient (Wildman–Crippen LogP) is 2.88. The minimum Gasteiger partial charge on any atom is -0.373 e. The highest BCUT2D eigenvalue weighted by Gasteiger charge is 2.13. The number of nitrogens with zero attached hydrogens (tertiary/aromatic N) is 2. The number of carbonyl (C=O) groups excluding carboxylic acids is 1. The first-order valence-electron chi connectivity index (χ1n) is 7.45. The lowest BCUT2D eigenvalue weighted by Crippen LogP contribution is -2.27. The van der Waals surface area contributed by atoms with Gasteiger partial charge in [-0.3, -0.25) is 9.78 Å². The number of hydrogen-bond donors (Lipinski definition) is 2. The van der Waals surface area contributed by atoms with E-state index in [0.29, 0.717) is 11.4 Å². The van der Waals surface area contributed by atoms with Crippen LogP contribution in [0.15, 0.2) is 30.6 Å². The summed E-state index contributed by atoms with van der Waals surface area (Å²) in [7, 11) is 1.77. The number of carbonyl (C=O) groups is 1. The molecule has 22 heavy (non-hydrogen) atoms. The van der Waals surface area contributed by atoms with Crippen molar-refractivity contribution in [3.63, 3.8) is 0 Å². The molecular weight excluding hydrogens is 276 g/mol. The molecule has 0 saturated heterocycles. The van der Waals surface area contributed by atoms with Gasteiger partial charge in [-0.25, -0.2) is 4.98 Å². The van der Waals surface area contributed by atoms with Crippen LogP contribution in [0.2, 0.25) is 0 Å². The predicted molar refractivity (Wildman–Crippen MR) is 88.0 cm³/mol. The van der Waals surface area contributed by atoms with E-state index in [9.17, 15) is 4.79 Å². The number of pyridine rings is 2. The van der Waals surface area contributed by atoms with E-state index in [4.69, 9.17) is 0 Å². The van der Waals surface area contributed by atoms with Crippen LogP contribution in [-0.2, 0) is 6.42 Å². The third-order valence-corrected chi connectivity index (χ3v) is 3.67. The number of aromatic nitrogens is 2. The molecule has 2 aromatic rings. The van der Waals surface area contributed by atoms with Crippen molar-refractivity contribution in [3.8, 4) is 0 Å². The van der Waals surface area contributed by atoms with Gasteiger partial charge in [0.05, 0.1) is 6.04 Å². The highest BCUT2D eigenvalue weighted by molar-refractivity contribution is 5.95. The Morgan fingerprint density at radius 3 is 2.73 bits per heavy atom. The Labute approximate surface area is 131 Å². The van der Waals surface area contributed by atoms with E-state index in [0.717, 1.165) is 23.2 Å². The molecule has 0 radical (unpaired) electrons. The van der Waals surface area contributed by atoms with Gasteiger partial charge in [-0.05, 0) is 43.5 Å². The van der Waals surface area contributed by atoms with Crippen molar-refractivity contribution in [2.45, 2.75) is 33.2 Å². The molecule has 0 fully saturated rings. The summed E-state index contributed by atoms with van der Waals surface area (Å²) in [5, 5.41) is 5.92. The molecule has 5 heteroatoms. The topological polar surface area (TPSA) is 66.9 Å². The number of rotatable bonds is 5. The van der Waals surface area contributed by atoms with Gasteiger partial charge >= 0.3 is 0 Å². The molecule has 1 atom stereocenters. The molecule has 0 aliphatic heterocycles. The van der Waals surface area contributed by atoms with Gasteiger partial charge in [0, 0.05) is 30.7 Å². The van der Waals surface area contributed by atoms with Gasteiger partial charge in [0.15, 0.2) is 0 Å². The maximum atomic E-state index is 12.3. The van der Waals surface area contributed by atoms with E-state index in [-0.39, 0.29) is 11.9 Å². The maximum Gasteiger partial charge on any atom is 0.251 e. The van der Waals surface area contributed by atoms with E-state index in [2.05, 4.69) is 33.6 Å². The van der Waals surface area contributed by atoms with Crippen molar-refractivity contribution in [3.05, 3.63) is 53.0 Å². The minimum absolute atomic E-state index is 0.101. The first-order chi connectivity index (χ1) is 10.5. The quantitative estimate of drug-likeness (QED) is 0.890. The molecule has 116 valence electrons. The Morgan fingerprint density at radius 1 is 1.32 bits per heavy atom. The molecule has 0 spiro atoms. The van der Waals surface area contributed by atoms with Gasteiger partial charge < -0.3 is 10.6 Å². The van der Waals surface area contributed by atoms with E-state index in [1.165, 1.54) is 0 Å². The van der Waals surface area contributed by atoms with Crippen LogP contribution in [-0.4, -0.2) is 22.9 Å². The zero-order chi connectivity index (χ0) is 16.1. The maximum absolute atomic E-state index is 12.3. The van der Waals surface area contributed by atoms with Gasteiger partial charge in [0.25, 0.3) is 5.91 Å². The summed E-state index contributed by atoms with van der Waals surface area (Å²) >= 11 is 0. The fourth-order valence-corrected chi connectivity index (χ4v) is 2.30. The molecule has 1 unspecified atom stereocenters. The number of hydrogen-bond acceptors (Lipinski definition) is 4. The molecule has 0 aliphatic carbocycles. The highest BCUT2D eigenvalue weighted by Crippen LogP contribution is 2.16. The van der Waals surface area contributed by atoms with Crippen molar-refractivity contribution in [2.75, 3.05) is 12.4 Å². The minimum atomic E-state index is -0.122. The van der Waals surface area contributed by atoms with Crippen LogP contribution in [0.25, 0.3) is 0 Å². The molecule has 0 bridgehead atoms. The SMILES string of the molecule is CCc1ncc(C(C)NC(=O)c2ccnc(NC)c2)cc1C. The lowest BCUT2D eigenvalue weighted by molar-refractivity contribution is 0.0939. The molecule has 1 amide bonds. The van der Waals surface area contributed by atoms with Gasteiger partial charge in [0.2, 0.25) is 0 Å². The second kappa shape index (κ2) is 7.02. The number of nitrogens with one attached hydrogen (secondary N) is 2. The van der Waals surface area contributed by atoms with Crippen molar-refractivity contribution >= 4 is 11.7 Å². The van der Waals surface area contributed by atoms with Crippen molar-refractivity contribution in [2.24, 2.45) is 0 Å². The van der Waals surface area contributed by atoms with Gasteiger partial charge in [0.1, 0.15) is 5.82 Å². The van der Waals surface area contributed by atoms with Crippen molar-refractivity contribution in [1.82, 2.24) is 15.3 Å². The fraction of sp³-hybridized carbons (Fsp3) is 0.353. The average Bonchev–Trinajstić information content (AvgIpc) is 2.54. The van der Waals surface area contributed by atoms with E-state index in [1.807, 2.05) is 20.0 Å². The van der Waals surface area contributed by atoms with E-state index in [1.54, 1.807) is 25.4 Å². The molecule has 0 aliphatic rings. The third-order valence-electron chi connectivity index (χ3n) is 3.67. The standard InChI is InChI=1S/C17H22N4O/c1-5-15-11(2)8-14(10-20-15)12(3)21-17(22)13-6-7-19-16(9-13)18-4/h6-10,12H,5H2,1-4H3,(H,18,19)(H,21,22). The van der Waals surface area contributed by atoms with Gasteiger partial charge in [-0.1, -0.05) is 13.0 Å². The summed E-state index contributed by atoms with van der Waals surface area (Å²) in [4.78, 5) is 20.9. The second-order valence-corrected chi connectivity index (χ2v) is 5.26. The molecule has 2 rings (SSSR count). The Hall–Kier alpha value is -2.43. The molecular formula is C17H22N4O. The summed E-state index contributed by atoms with van der Waals surface area (Å²) < 4.78 is 0. The monoisotopic (exact) mass is 298 g/mol. The van der Waals surface area contributed by atoms with Gasteiger partial charge in [-0.15, -0.1) is 0 Å². The average molecular weight is 298 g/mol. The number of amides is 1. The summed E-state index contributed by atoms with van der Waals surface area (Å²) in [5.41, 5.74) is 3.84. The zero-order valence-electron chi connectivity index (χ0n) is 13.5. The van der Waals surface area contributed by atoms with Crippen LogP contribution in [0.4, 0.5) is 5.82 Å². The van der Waals surface area contributed by atoms with Crippen molar-refractivity contribution < 1.29 is 4.79 Å². The largest absolute Gasteiger partial charge is 0.373 e. The summed E-state index contributed by atoms with van der Waals surface area (Å²) in [6.07, 6.45) is 4.37. The molecule has 2 N–H and O–H groups in total. The molecule has 2 aromatic heterocycles. The highest BCUT2D eigenvalue weighted by atomic mass is 16.1. The van der Waals surface area contributed by atoms with E-state index < -0.39 is 0 Å². The van der Waals surface area contributed by atoms with Crippen LogP contribution < -0.4 is 10.6 Å². The summed E-state index contributed by atoms with van der Waals surface area (Å²) in [6, 6.07) is 5.41. The van der Waals surface area contributed by atoms with E-state index >= 15 is 0 Å². The zero-order valence-corrected chi connectivity index (χ0v) is 13.5. The Bertz CT molecular complexity index is 669.